The quantitative estimate of drug-likeness (QED) is 0.391. The third-order valence-corrected chi connectivity index (χ3v) is 8.88. The first-order chi connectivity index (χ1) is 21.5. The zero-order valence-corrected chi connectivity index (χ0v) is 26.3. The van der Waals surface area contributed by atoms with Gasteiger partial charge in [0.1, 0.15) is 6.04 Å². The first-order valence-corrected chi connectivity index (χ1v) is 15.1. The van der Waals surface area contributed by atoms with Crippen LogP contribution in [0.25, 0.3) is 0 Å². The molecule has 1 aromatic heterocycles. The van der Waals surface area contributed by atoms with Gasteiger partial charge in [-0.15, -0.1) is 0 Å². The number of hydrogen-bond donors (Lipinski definition) is 2. The van der Waals surface area contributed by atoms with Crippen molar-refractivity contribution in [2.75, 3.05) is 41.3 Å². The number of carbonyl (C=O) groups excluding carboxylic acids is 3. The molecule has 5 rings (SSSR count). The van der Waals surface area contributed by atoms with Crippen LogP contribution in [-0.4, -0.2) is 95.9 Å². The van der Waals surface area contributed by atoms with Gasteiger partial charge in [-0.25, -0.2) is 4.79 Å². The van der Waals surface area contributed by atoms with E-state index in [0.717, 1.165) is 28.7 Å². The first-order valence-electron chi connectivity index (χ1n) is 15.1. The lowest BCUT2D eigenvalue weighted by Gasteiger charge is -2.37. The van der Waals surface area contributed by atoms with E-state index >= 15 is 0 Å². The fraction of sp³-hybridized carbons (Fsp3) is 0.455. The lowest BCUT2D eigenvalue weighted by molar-refractivity contribution is -0.130. The molecule has 236 valence electrons. The Kier molecular flexibility index (Phi) is 8.93. The molecule has 12 heteroatoms. The van der Waals surface area contributed by atoms with E-state index in [9.17, 15) is 24.4 Å². The number of aromatic nitrogens is 2. The predicted octanol–water partition coefficient (Wildman–Crippen LogP) is 2.08. The number of H-pyrrole nitrogens is 1. The van der Waals surface area contributed by atoms with Gasteiger partial charge < -0.3 is 20.0 Å². The van der Waals surface area contributed by atoms with E-state index in [1.54, 1.807) is 45.2 Å². The fourth-order valence-electron chi connectivity index (χ4n) is 6.71. The van der Waals surface area contributed by atoms with Crippen molar-refractivity contribution in [3.8, 4) is 6.07 Å². The van der Waals surface area contributed by atoms with Crippen LogP contribution >= 0.6 is 0 Å². The minimum Gasteiger partial charge on any atom is -0.345 e. The molecule has 2 aromatic carbocycles. The number of nitriles is 1. The lowest BCUT2D eigenvalue weighted by Crippen LogP contribution is -2.45. The Hall–Kier alpha value is -4.76. The normalized spacial score (nSPS) is 17.4. The molecule has 3 amide bonds. The van der Waals surface area contributed by atoms with Gasteiger partial charge >= 0.3 is 5.76 Å². The van der Waals surface area contributed by atoms with Gasteiger partial charge in [-0.05, 0) is 85.5 Å². The van der Waals surface area contributed by atoms with Crippen LogP contribution in [0.4, 0.5) is 0 Å². The third kappa shape index (κ3) is 6.00. The summed E-state index contributed by atoms with van der Waals surface area (Å²) in [4.78, 5) is 59.0. The standard InChI is InChI=1S/C33H39N7O5/c1-20(35-19-28(41)40-14-6-7-25(40)18-34)17-33(31-36-32(44)45-37-31)26-12-10-23(29(42)38(2)3)15-21(26)8-9-22-16-24(11-13-27(22)33)30(43)39(4)5/h10-13,15-16,20,25,35H,6-9,14,17,19H2,1-5H3,(H,36,37,44)/t20-,25+/m1/s1. The highest BCUT2D eigenvalue weighted by Crippen LogP contribution is 2.47. The average Bonchev–Trinajstić information content (AvgIpc) is 3.67. The molecule has 2 aliphatic rings. The van der Waals surface area contributed by atoms with E-state index in [1.807, 2.05) is 31.2 Å². The number of likely N-dealkylation sites (tertiary alicyclic amines) is 1. The van der Waals surface area contributed by atoms with Crippen molar-refractivity contribution in [3.63, 3.8) is 0 Å². The zero-order chi connectivity index (χ0) is 32.5. The molecule has 0 unspecified atom stereocenters. The number of hydrogen-bond acceptors (Lipinski definition) is 8. The van der Waals surface area contributed by atoms with Gasteiger partial charge in [0.25, 0.3) is 11.8 Å². The van der Waals surface area contributed by atoms with Crippen LogP contribution in [0.1, 0.15) is 75.0 Å². The maximum atomic E-state index is 13.1. The van der Waals surface area contributed by atoms with Crippen LogP contribution in [0.2, 0.25) is 0 Å². The molecule has 2 atom stereocenters. The van der Waals surface area contributed by atoms with E-state index in [0.29, 0.717) is 49.2 Å². The fourth-order valence-corrected chi connectivity index (χ4v) is 6.71. The van der Waals surface area contributed by atoms with E-state index in [4.69, 9.17) is 4.52 Å². The molecule has 45 heavy (non-hydrogen) atoms. The van der Waals surface area contributed by atoms with Crippen LogP contribution in [0, 0.1) is 11.3 Å². The third-order valence-electron chi connectivity index (χ3n) is 8.88. The highest BCUT2D eigenvalue weighted by molar-refractivity contribution is 5.95. The molecule has 2 heterocycles. The second-order valence-electron chi connectivity index (χ2n) is 12.4. The Balaban J connectivity index is 1.63. The van der Waals surface area contributed by atoms with Crippen molar-refractivity contribution in [1.29, 1.82) is 5.26 Å². The molecule has 3 aromatic rings. The number of carbonyl (C=O) groups is 3. The van der Waals surface area contributed by atoms with Crippen LogP contribution in [0.5, 0.6) is 0 Å². The highest BCUT2D eigenvalue weighted by Gasteiger charge is 2.46. The van der Waals surface area contributed by atoms with Gasteiger partial charge in [-0.1, -0.05) is 17.3 Å². The SMILES string of the molecule is C[C@H](CC1(c2noc(=O)[nH]2)c2ccc(C(=O)N(C)C)cc2CCc2cc(C(=O)N(C)C)ccc21)NCC(=O)N1CCC[C@H]1C#N. The Morgan fingerprint density at radius 3 is 2.13 bits per heavy atom. The van der Waals surface area contributed by atoms with Crippen molar-refractivity contribution >= 4 is 17.7 Å². The Bertz CT molecular complexity index is 1640. The number of aromatic amines is 1. The second kappa shape index (κ2) is 12.7. The van der Waals surface area contributed by atoms with E-state index in [-0.39, 0.29) is 30.3 Å². The number of nitrogens with zero attached hydrogens (tertiary/aromatic N) is 5. The lowest BCUT2D eigenvalue weighted by atomic mass is 9.67. The molecular weight excluding hydrogens is 574 g/mol. The molecule has 1 aliphatic heterocycles. The molecular formula is C33H39N7O5. The van der Waals surface area contributed by atoms with Gasteiger partial charge in [-0.3, -0.25) is 23.9 Å². The van der Waals surface area contributed by atoms with Gasteiger partial charge in [0.05, 0.1) is 18.0 Å². The summed E-state index contributed by atoms with van der Waals surface area (Å²) in [6.45, 7) is 2.55. The molecule has 1 fully saturated rings. The molecule has 1 aliphatic carbocycles. The summed E-state index contributed by atoms with van der Waals surface area (Å²) in [5, 5.41) is 17.0. The minimum atomic E-state index is -1.06. The molecule has 0 spiro atoms. The van der Waals surface area contributed by atoms with Crippen molar-refractivity contribution < 1.29 is 18.9 Å². The summed E-state index contributed by atoms with van der Waals surface area (Å²) in [6, 6.07) is 12.7. The predicted molar refractivity (Wildman–Crippen MR) is 166 cm³/mol. The van der Waals surface area contributed by atoms with Crippen LogP contribution in [0.3, 0.4) is 0 Å². The zero-order valence-electron chi connectivity index (χ0n) is 26.3. The first kappa shape index (κ1) is 31.7. The number of fused-ring (bicyclic) bond motifs is 2. The molecule has 2 N–H and O–H groups in total. The van der Waals surface area contributed by atoms with Crippen LogP contribution in [-0.2, 0) is 23.1 Å². The highest BCUT2D eigenvalue weighted by atomic mass is 16.5. The van der Waals surface area contributed by atoms with Gasteiger partial charge in [0, 0.05) is 51.9 Å². The number of aryl methyl sites for hydroxylation is 2. The topological polar surface area (TPSA) is 156 Å². The average molecular weight is 614 g/mol. The summed E-state index contributed by atoms with van der Waals surface area (Å²) in [5.41, 5.74) is 3.50. The Morgan fingerprint density at radius 1 is 1.07 bits per heavy atom. The number of benzene rings is 2. The number of rotatable bonds is 8. The minimum absolute atomic E-state index is 0.0387. The number of amides is 3. The van der Waals surface area contributed by atoms with Gasteiger partial charge in [0.15, 0.2) is 5.82 Å². The molecule has 0 radical (unpaired) electrons. The number of nitrogens with one attached hydrogen (secondary N) is 2. The molecule has 0 bridgehead atoms. The summed E-state index contributed by atoms with van der Waals surface area (Å²) in [7, 11) is 6.81. The van der Waals surface area contributed by atoms with Crippen molar-refractivity contribution in [2.45, 2.75) is 56.5 Å². The Labute approximate surface area is 262 Å². The summed E-state index contributed by atoms with van der Waals surface area (Å²) < 4.78 is 5.08. The summed E-state index contributed by atoms with van der Waals surface area (Å²) >= 11 is 0. The molecule has 0 saturated carbocycles. The smallest absolute Gasteiger partial charge is 0.345 e. The van der Waals surface area contributed by atoms with Crippen molar-refractivity contribution in [1.82, 2.24) is 30.2 Å². The monoisotopic (exact) mass is 613 g/mol. The Morgan fingerprint density at radius 2 is 1.64 bits per heavy atom. The maximum Gasteiger partial charge on any atom is 0.438 e. The second-order valence-corrected chi connectivity index (χ2v) is 12.4. The largest absolute Gasteiger partial charge is 0.438 e. The summed E-state index contributed by atoms with van der Waals surface area (Å²) in [6.07, 6.45) is 2.97. The van der Waals surface area contributed by atoms with Crippen LogP contribution < -0.4 is 11.1 Å². The van der Waals surface area contributed by atoms with Gasteiger partial charge in [0.2, 0.25) is 5.91 Å². The van der Waals surface area contributed by atoms with Crippen LogP contribution in [0.15, 0.2) is 45.7 Å². The van der Waals surface area contributed by atoms with Crippen molar-refractivity contribution in [2.24, 2.45) is 0 Å². The molecule has 12 nitrogen and oxygen atoms in total. The van der Waals surface area contributed by atoms with Crippen molar-refractivity contribution in [3.05, 3.63) is 86.2 Å². The van der Waals surface area contributed by atoms with E-state index < -0.39 is 17.2 Å². The maximum absolute atomic E-state index is 13.1. The van der Waals surface area contributed by atoms with Gasteiger partial charge in [-0.2, -0.15) is 5.26 Å². The van der Waals surface area contributed by atoms with E-state index in [2.05, 4.69) is 21.5 Å². The molecule has 1 saturated heterocycles. The van der Waals surface area contributed by atoms with E-state index in [1.165, 1.54) is 9.80 Å². The summed E-state index contributed by atoms with van der Waals surface area (Å²) in [5.74, 6) is -0.826.